The van der Waals surface area contributed by atoms with Gasteiger partial charge in [-0.3, -0.25) is 0 Å². The maximum absolute atomic E-state index is 10.2. The number of nitrogens with zero attached hydrogens (tertiary/aromatic N) is 1. The summed E-state index contributed by atoms with van der Waals surface area (Å²) >= 11 is 0. The molecule has 1 heterocycles. The van der Waals surface area contributed by atoms with Gasteiger partial charge in [-0.15, -0.1) is 0 Å². The van der Waals surface area contributed by atoms with E-state index in [0.717, 1.165) is 57.1 Å². The summed E-state index contributed by atoms with van der Waals surface area (Å²) in [5.74, 6) is 0. The number of ether oxygens (including phenoxy) is 2. The fourth-order valence-electron chi connectivity index (χ4n) is 4.09. The zero-order chi connectivity index (χ0) is 25.6. The Morgan fingerprint density at radius 1 is 0.971 bits per heavy atom. The zero-order valence-electron chi connectivity index (χ0n) is 23.1. The molecule has 0 aromatic rings. The highest BCUT2D eigenvalue weighted by molar-refractivity contribution is 6.69. The standard InChI is InChI=1S/C29H49NO3Si/c1-24(2)13-11-14-25(3)15-12-16-26(4)21-29(23-30,33-34(6,7)8)22-27(5)18-20-32-28-17-9-10-19-31-28/h13,15,18,21,28H,9-12,14,16-17,19-20,22H2,1-8H3/b25-15+,26-21+,27-18+. The minimum absolute atomic E-state index is 0.0996. The Hall–Kier alpha value is -1.45. The highest BCUT2D eigenvalue weighted by Gasteiger charge is 2.34. The lowest BCUT2D eigenvalue weighted by Gasteiger charge is -2.32. The van der Waals surface area contributed by atoms with E-state index in [1.807, 2.05) is 0 Å². The van der Waals surface area contributed by atoms with Crippen LogP contribution in [0.1, 0.15) is 86.0 Å². The summed E-state index contributed by atoms with van der Waals surface area (Å²) in [5.41, 5.74) is 4.18. The van der Waals surface area contributed by atoms with Gasteiger partial charge >= 0.3 is 0 Å². The molecule has 5 heteroatoms. The van der Waals surface area contributed by atoms with Crippen molar-refractivity contribution in [2.24, 2.45) is 0 Å². The van der Waals surface area contributed by atoms with Crippen LogP contribution in [0.3, 0.4) is 0 Å². The minimum Gasteiger partial charge on any atom is -0.397 e. The van der Waals surface area contributed by atoms with Gasteiger partial charge in [0.25, 0.3) is 0 Å². The van der Waals surface area contributed by atoms with Crippen molar-refractivity contribution in [1.82, 2.24) is 0 Å². The van der Waals surface area contributed by atoms with Crippen LogP contribution in [-0.2, 0) is 13.9 Å². The summed E-state index contributed by atoms with van der Waals surface area (Å²) < 4.78 is 18.0. The molecule has 0 aromatic carbocycles. The summed E-state index contributed by atoms with van der Waals surface area (Å²) in [6, 6.07) is 2.52. The van der Waals surface area contributed by atoms with E-state index in [1.165, 1.54) is 16.7 Å². The van der Waals surface area contributed by atoms with E-state index in [4.69, 9.17) is 13.9 Å². The van der Waals surface area contributed by atoms with E-state index in [1.54, 1.807) is 0 Å². The number of hydrogen-bond acceptors (Lipinski definition) is 4. The van der Waals surface area contributed by atoms with Gasteiger partial charge in [-0.05, 0) is 105 Å². The topological polar surface area (TPSA) is 51.5 Å². The van der Waals surface area contributed by atoms with Gasteiger partial charge in [0.15, 0.2) is 20.2 Å². The first-order valence-corrected chi connectivity index (χ1v) is 16.3. The molecule has 4 nitrogen and oxygen atoms in total. The van der Waals surface area contributed by atoms with Crippen molar-refractivity contribution in [3.05, 3.63) is 46.6 Å². The fourth-order valence-corrected chi connectivity index (χ4v) is 5.36. The molecule has 2 unspecified atom stereocenters. The maximum Gasteiger partial charge on any atom is 0.186 e. The normalized spacial score (nSPS) is 20.0. The Morgan fingerprint density at radius 3 is 2.24 bits per heavy atom. The van der Waals surface area contributed by atoms with Gasteiger partial charge in [0.2, 0.25) is 0 Å². The molecule has 1 saturated heterocycles. The van der Waals surface area contributed by atoms with E-state index < -0.39 is 13.9 Å². The average molecular weight is 488 g/mol. The van der Waals surface area contributed by atoms with Crippen LogP contribution in [0.4, 0.5) is 0 Å². The molecule has 192 valence electrons. The second kappa shape index (κ2) is 15.5. The van der Waals surface area contributed by atoms with Gasteiger partial charge in [0, 0.05) is 13.0 Å². The van der Waals surface area contributed by atoms with Crippen LogP contribution in [0, 0.1) is 11.3 Å². The summed E-state index contributed by atoms with van der Waals surface area (Å²) in [6.45, 7) is 18.4. The molecule has 0 saturated carbocycles. The molecule has 2 atom stereocenters. The van der Waals surface area contributed by atoms with E-state index in [2.05, 4.69) is 84.6 Å². The molecule has 0 N–H and O–H groups in total. The largest absolute Gasteiger partial charge is 0.397 e. The van der Waals surface area contributed by atoms with Crippen LogP contribution in [-0.4, -0.2) is 33.4 Å². The second-order valence-corrected chi connectivity index (χ2v) is 15.4. The van der Waals surface area contributed by atoms with Crippen LogP contribution in [0.5, 0.6) is 0 Å². The number of nitriles is 1. The SMILES string of the molecule is CC(C)=CCC/C(C)=C/CC/C(C)=C/C(C#N)(C/C(C)=C/COC1CCCCO1)O[Si](C)(C)C. The molecule has 1 fully saturated rings. The second-order valence-electron chi connectivity index (χ2n) is 11.0. The van der Waals surface area contributed by atoms with E-state index >= 15 is 0 Å². The molecule has 1 aliphatic heterocycles. The van der Waals surface area contributed by atoms with Gasteiger partial charge in [0.05, 0.1) is 6.61 Å². The van der Waals surface area contributed by atoms with Crippen molar-refractivity contribution in [2.75, 3.05) is 13.2 Å². The van der Waals surface area contributed by atoms with Crippen LogP contribution < -0.4 is 0 Å². The molecular weight excluding hydrogens is 438 g/mol. The average Bonchev–Trinajstić information content (AvgIpc) is 2.73. The quantitative estimate of drug-likeness (QED) is 0.182. The van der Waals surface area contributed by atoms with E-state index in [9.17, 15) is 5.26 Å². The third-order valence-electron chi connectivity index (χ3n) is 5.67. The fraction of sp³-hybridized carbons (Fsp3) is 0.690. The first kappa shape index (κ1) is 30.6. The van der Waals surface area contributed by atoms with E-state index in [-0.39, 0.29) is 6.29 Å². The number of allylic oxidation sites excluding steroid dienone is 5. The predicted octanol–water partition coefficient (Wildman–Crippen LogP) is 8.40. The molecule has 34 heavy (non-hydrogen) atoms. The molecule has 1 aliphatic rings. The molecule has 0 radical (unpaired) electrons. The molecule has 0 spiro atoms. The van der Waals surface area contributed by atoms with Crippen LogP contribution in [0.25, 0.3) is 0 Å². The molecule has 1 rings (SSSR count). The molecular formula is C29H49NO3Si. The van der Waals surface area contributed by atoms with Crippen molar-refractivity contribution >= 4 is 8.32 Å². The third-order valence-corrected chi connectivity index (χ3v) is 6.65. The lowest BCUT2D eigenvalue weighted by atomic mass is 9.93. The molecule has 0 aliphatic carbocycles. The number of rotatable bonds is 14. The van der Waals surface area contributed by atoms with Gasteiger partial charge in [-0.1, -0.05) is 40.5 Å². The van der Waals surface area contributed by atoms with Crippen molar-refractivity contribution in [3.8, 4) is 6.07 Å². The Labute approximate surface area is 210 Å². The highest BCUT2D eigenvalue weighted by atomic mass is 28.4. The highest BCUT2D eigenvalue weighted by Crippen LogP contribution is 2.29. The molecule has 0 bridgehead atoms. The Kier molecular flexibility index (Phi) is 14.0. The monoisotopic (exact) mass is 487 g/mol. The first-order chi connectivity index (χ1) is 15.9. The Morgan fingerprint density at radius 2 is 1.65 bits per heavy atom. The lowest BCUT2D eigenvalue weighted by molar-refractivity contribution is -0.155. The van der Waals surface area contributed by atoms with Gasteiger partial charge in [0.1, 0.15) is 6.07 Å². The van der Waals surface area contributed by atoms with Gasteiger partial charge in [-0.2, -0.15) is 5.26 Å². The van der Waals surface area contributed by atoms with Crippen molar-refractivity contribution in [1.29, 1.82) is 5.26 Å². The molecule has 0 amide bonds. The van der Waals surface area contributed by atoms with Crippen LogP contribution >= 0.6 is 0 Å². The smallest absolute Gasteiger partial charge is 0.186 e. The Balaban J connectivity index is 2.80. The molecule has 0 aromatic heterocycles. The van der Waals surface area contributed by atoms with Crippen molar-refractivity contribution in [2.45, 2.75) is 118 Å². The van der Waals surface area contributed by atoms with Crippen molar-refractivity contribution in [3.63, 3.8) is 0 Å². The van der Waals surface area contributed by atoms with Crippen LogP contribution in [0.15, 0.2) is 46.6 Å². The maximum atomic E-state index is 10.2. The van der Waals surface area contributed by atoms with Crippen LogP contribution in [0.2, 0.25) is 19.6 Å². The minimum atomic E-state index is -1.94. The first-order valence-electron chi connectivity index (χ1n) is 12.9. The Bertz CT molecular complexity index is 772. The zero-order valence-corrected chi connectivity index (χ0v) is 24.1. The summed E-state index contributed by atoms with van der Waals surface area (Å²) in [7, 11) is -1.94. The lowest BCUT2D eigenvalue weighted by Crippen LogP contribution is -2.41. The summed E-state index contributed by atoms with van der Waals surface area (Å²) in [4.78, 5) is 0. The van der Waals surface area contributed by atoms with Crippen molar-refractivity contribution < 1.29 is 13.9 Å². The summed E-state index contributed by atoms with van der Waals surface area (Å²) in [5, 5.41) is 10.2. The van der Waals surface area contributed by atoms with Gasteiger partial charge < -0.3 is 13.9 Å². The number of hydrogen-bond donors (Lipinski definition) is 0. The summed E-state index contributed by atoms with van der Waals surface area (Å²) in [6.07, 6.45) is 16.6. The van der Waals surface area contributed by atoms with Gasteiger partial charge in [-0.25, -0.2) is 0 Å². The third kappa shape index (κ3) is 14.1. The van der Waals surface area contributed by atoms with E-state index in [0.29, 0.717) is 13.0 Å². The predicted molar refractivity (Wildman–Crippen MR) is 146 cm³/mol.